The van der Waals surface area contributed by atoms with Crippen molar-refractivity contribution in [3.05, 3.63) is 59.9 Å². The van der Waals surface area contributed by atoms with Gasteiger partial charge in [-0.25, -0.2) is 4.79 Å². The summed E-state index contributed by atoms with van der Waals surface area (Å²) in [6.07, 6.45) is 5.29. The largest absolute Gasteiger partial charge is 0.514 e. The predicted octanol–water partition coefficient (Wildman–Crippen LogP) is 6.91. The van der Waals surface area contributed by atoms with Gasteiger partial charge in [0.25, 0.3) is 0 Å². The minimum absolute atomic E-state index is 0.0741. The van der Waals surface area contributed by atoms with Crippen molar-refractivity contribution in [3.63, 3.8) is 0 Å². The lowest BCUT2D eigenvalue weighted by Gasteiger charge is -2.37. The molecule has 47 heavy (non-hydrogen) atoms. The minimum Gasteiger partial charge on any atom is -0.465 e. The van der Waals surface area contributed by atoms with Crippen molar-refractivity contribution in [1.82, 2.24) is 9.88 Å². The van der Waals surface area contributed by atoms with Crippen LogP contribution in [0.1, 0.15) is 104 Å². The van der Waals surface area contributed by atoms with Crippen LogP contribution in [0.2, 0.25) is 0 Å². The summed E-state index contributed by atoms with van der Waals surface area (Å²) >= 11 is 0. The Kier molecular flexibility index (Phi) is 15.3. The van der Waals surface area contributed by atoms with Crippen LogP contribution in [0.15, 0.2) is 48.8 Å². The molecule has 1 aromatic carbocycles. The highest BCUT2D eigenvalue weighted by Gasteiger charge is 2.45. The summed E-state index contributed by atoms with van der Waals surface area (Å²) in [4.78, 5) is 45.4. The molecular formula is C37H56N2O8. The Balaban J connectivity index is 2.40. The first-order chi connectivity index (χ1) is 22.0. The van der Waals surface area contributed by atoms with Crippen molar-refractivity contribution in [3.8, 4) is 5.75 Å². The summed E-state index contributed by atoms with van der Waals surface area (Å²) in [5.74, 6) is -0.336. The molecule has 1 heterocycles. The van der Waals surface area contributed by atoms with Crippen LogP contribution in [0, 0.1) is 10.8 Å². The van der Waals surface area contributed by atoms with Gasteiger partial charge in [-0.3, -0.25) is 14.6 Å². The number of esters is 2. The summed E-state index contributed by atoms with van der Waals surface area (Å²) in [7, 11) is 3.83. The molecule has 1 N–H and O–H groups in total. The van der Waals surface area contributed by atoms with Crippen molar-refractivity contribution >= 4 is 18.1 Å². The molecule has 0 bridgehead atoms. The molecule has 0 saturated heterocycles. The van der Waals surface area contributed by atoms with Gasteiger partial charge < -0.3 is 29.0 Å². The maximum atomic E-state index is 13.9. The number of aliphatic hydroxyl groups is 1. The van der Waals surface area contributed by atoms with Gasteiger partial charge >= 0.3 is 18.1 Å². The van der Waals surface area contributed by atoms with Crippen molar-refractivity contribution in [2.75, 3.05) is 40.5 Å². The number of hydrogen-bond donors (Lipinski definition) is 1. The number of aromatic nitrogens is 1. The molecule has 10 nitrogen and oxygen atoms in total. The number of rotatable bonds is 18. The summed E-state index contributed by atoms with van der Waals surface area (Å²) in [6, 6.07) is 11.4. The number of carbonyl (C=O) groups is 3. The van der Waals surface area contributed by atoms with E-state index in [9.17, 15) is 14.4 Å². The molecule has 0 radical (unpaired) electrons. The van der Waals surface area contributed by atoms with Crippen molar-refractivity contribution < 1.29 is 38.4 Å². The minimum atomic E-state index is -1.02. The van der Waals surface area contributed by atoms with Crippen LogP contribution >= 0.6 is 0 Å². The first kappa shape index (κ1) is 39.7. The fraction of sp³-hybridized carbons (Fsp3) is 0.622. The first-order valence-corrected chi connectivity index (χ1v) is 16.5. The van der Waals surface area contributed by atoms with Crippen LogP contribution in [-0.2, 0) is 23.8 Å². The van der Waals surface area contributed by atoms with Crippen LogP contribution in [0.3, 0.4) is 0 Å². The van der Waals surface area contributed by atoms with Crippen molar-refractivity contribution in [2.24, 2.45) is 10.8 Å². The lowest BCUT2D eigenvalue weighted by molar-refractivity contribution is -0.164. The first-order valence-electron chi connectivity index (χ1n) is 16.5. The molecule has 10 heteroatoms. The zero-order chi connectivity index (χ0) is 35.3. The molecule has 0 fully saturated rings. The van der Waals surface area contributed by atoms with Crippen LogP contribution in [0.4, 0.5) is 4.79 Å². The number of carbonyl (C=O) groups excluding carboxylic acids is 3. The van der Waals surface area contributed by atoms with E-state index in [2.05, 4.69) is 11.9 Å². The van der Waals surface area contributed by atoms with Crippen LogP contribution in [-0.4, -0.2) is 79.1 Å². The molecule has 0 spiro atoms. The molecule has 262 valence electrons. The topological polar surface area (TPSA) is 124 Å². The van der Waals surface area contributed by atoms with Gasteiger partial charge in [-0.15, -0.1) is 0 Å². The second kappa shape index (κ2) is 18.2. The molecule has 0 saturated carbocycles. The number of likely N-dealkylation sites (N-methyl/N-ethyl adjacent to an activating group) is 1. The molecule has 2 aromatic rings. The predicted molar refractivity (Wildman–Crippen MR) is 181 cm³/mol. The SMILES string of the molecule is CCC(CC(CC(C)(CC(C)(C)C(=O)OCCCO)C(=O)OCCN(C)C)c1ccncc1)c1ccc(OC(=O)OC(C)(C)C)cc1. The van der Waals surface area contributed by atoms with Crippen molar-refractivity contribution in [1.29, 1.82) is 0 Å². The Labute approximate surface area is 281 Å². The zero-order valence-corrected chi connectivity index (χ0v) is 29.8. The van der Waals surface area contributed by atoms with E-state index >= 15 is 0 Å². The van der Waals surface area contributed by atoms with E-state index in [0.717, 1.165) is 17.5 Å². The molecule has 3 unspecified atom stereocenters. The summed E-state index contributed by atoms with van der Waals surface area (Å²) in [6.45, 7) is 13.8. The van der Waals surface area contributed by atoms with Crippen LogP contribution < -0.4 is 4.74 Å². The van der Waals surface area contributed by atoms with Gasteiger partial charge in [0.05, 0.1) is 17.4 Å². The summed E-state index contributed by atoms with van der Waals surface area (Å²) in [5.41, 5.74) is -0.551. The molecular weight excluding hydrogens is 600 g/mol. The third-order valence-electron chi connectivity index (χ3n) is 8.06. The lowest BCUT2D eigenvalue weighted by atomic mass is 9.67. The van der Waals surface area contributed by atoms with Gasteiger partial charge in [0, 0.05) is 32.0 Å². The number of hydrogen-bond acceptors (Lipinski definition) is 10. The lowest BCUT2D eigenvalue weighted by Crippen LogP contribution is -2.40. The van der Waals surface area contributed by atoms with E-state index in [-0.39, 0.29) is 44.0 Å². The molecule has 1 aromatic heterocycles. The average Bonchev–Trinajstić information content (AvgIpc) is 2.98. The third-order valence-corrected chi connectivity index (χ3v) is 8.06. The second-order valence-corrected chi connectivity index (χ2v) is 14.4. The quantitative estimate of drug-likeness (QED) is 0.0784. The smallest absolute Gasteiger partial charge is 0.465 e. The van der Waals surface area contributed by atoms with Gasteiger partial charge in [0.1, 0.15) is 18.0 Å². The Morgan fingerprint density at radius 1 is 0.851 bits per heavy atom. The van der Waals surface area contributed by atoms with Crippen LogP contribution in [0.5, 0.6) is 5.75 Å². The highest BCUT2D eigenvalue weighted by molar-refractivity contribution is 5.80. The van der Waals surface area contributed by atoms with E-state index in [4.69, 9.17) is 24.1 Å². The van der Waals surface area contributed by atoms with Crippen LogP contribution in [0.25, 0.3) is 0 Å². The van der Waals surface area contributed by atoms with Crippen molar-refractivity contribution in [2.45, 2.75) is 98.0 Å². The van der Waals surface area contributed by atoms with Gasteiger partial charge in [-0.05, 0) is 129 Å². The molecule has 0 amide bonds. The van der Waals surface area contributed by atoms with Gasteiger partial charge in [-0.2, -0.15) is 0 Å². The average molecular weight is 657 g/mol. The van der Waals surface area contributed by atoms with Gasteiger partial charge in [0.2, 0.25) is 0 Å². The van der Waals surface area contributed by atoms with E-state index < -0.39 is 28.6 Å². The highest BCUT2D eigenvalue weighted by Crippen LogP contribution is 2.46. The fourth-order valence-electron chi connectivity index (χ4n) is 5.77. The monoisotopic (exact) mass is 656 g/mol. The second-order valence-electron chi connectivity index (χ2n) is 14.4. The Morgan fingerprint density at radius 2 is 1.45 bits per heavy atom. The summed E-state index contributed by atoms with van der Waals surface area (Å²) < 4.78 is 22.0. The highest BCUT2D eigenvalue weighted by atomic mass is 16.7. The molecule has 3 atom stereocenters. The molecule has 0 aliphatic heterocycles. The Morgan fingerprint density at radius 3 is 2.00 bits per heavy atom. The standard InChI is InChI=1S/C37H56N2O8/c1-10-27(28-12-14-31(15-13-28)46-34(43)47-35(2,3)4)24-30(29-16-18-38-19-17-29)25-37(7,33(42)45-23-20-39(8)9)26-36(5,6)32(41)44-22-11-21-40/h12-19,27,30,40H,10-11,20-26H2,1-9H3. The number of ether oxygens (including phenoxy) is 4. The maximum absolute atomic E-state index is 13.9. The Bertz CT molecular complexity index is 1260. The van der Waals surface area contributed by atoms with E-state index in [1.165, 1.54) is 0 Å². The normalized spacial score (nSPS) is 14.5. The van der Waals surface area contributed by atoms with Gasteiger partial charge in [0.15, 0.2) is 0 Å². The molecule has 0 aliphatic carbocycles. The number of pyridine rings is 1. The van der Waals surface area contributed by atoms with E-state index in [1.807, 2.05) is 50.2 Å². The molecule has 2 rings (SSSR count). The molecule has 0 aliphatic rings. The van der Waals surface area contributed by atoms with E-state index in [0.29, 0.717) is 31.6 Å². The third kappa shape index (κ3) is 13.6. The zero-order valence-electron chi connectivity index (χ0n) is 29.8. The number of benzene rings is 1. The van der Waals surface area contributed by atoms with E-state index in [1.54, 1.807) is 59.1 Å². The summed E-state index contributed by atoms with van der Waals surface area (Å²) in [5, 5.41) is 9.14. The Hall–Kier alpha value is -3.50. The number of aliphatic hydroxyl groups excluding tert-OH is 1. The fourth-order valence-corrected chi connectivity index (χ4v) is 5.77. The maximum Gasteiger partial charge on any atom is 0.514 e. The van der Waals surface area contributed by atoms with Gasteiger partial charge in [-0.1, -0.05) is 19.1 Å². The number of nitrogens with zero attached hydrogens (tertiary/aromatic N) is 2.